The van der Waals surface area contributed by atoms with E-state index in [4.69, 9.17) is 20.9 Å². The van der Waals surface area contributed by atoms with Crippen molar-refractivity contribution < 1.29 is 28.7 Å². The standard InChI is InChI=1S/C42H40N4O6/c1-25(2)26-18-19-42(3,37-24-39(48)46(41(37)50)30-12-16-32(17-13-30)52-34-9-5-7-28(44)22-34)36(20-26)35-23-38(47)45(40(35)49)29-10-14-31(15-11-29)51-33-8-4-6-27(43)21-33/h4-17,21-26,36H,18-20,43-44H2,1-3H3. The minimum absolute atomic E-state index is 0.260. The molecule has 3 unspecified atom stereocenters. The normalized spacial score (nSPS) is 21.8. The molecule has 3 atom stereocenters. The van der Waals surface area contributed by atoms with Crippen molar-refractivity contribution in [1.82, 2.24) is 0 Å². The van der Waals surface area contributed by atoms with Gasteiger partial charge in [0.1, 0.15) is 23.0 Å². The van der Waals surface area contributed by atoms with Crippen LogP contribution in [0.1, 0.15) is 40.0 Å². The van der Waals surface area contributed by atoms with Crippen LogP contribution in [0, 0.1) is 23.2 Å². The monoisotopic (exact) mass is 696 g/mol. The maximum Gasteiger partial charge on any atom is 0.262 e. The summed E-state index contributed by atoms with van der Waals surface area (Å²) < 4.78 is 11.8. The van der Waals surface area contributed by atoms with Crippen LogP contribution >= 0.6 is 0 Å². The van der Waals surface area contributed by atoms with Gasteiger partial charge in [0.25, 0.3) is 23.6 Å². The molecule has 10 heteroatoms. The molecular weight excluding hydrogens is 656 g/mol. The van der Waals surface area contributed by atoms with E-state index < -0.39 is 35.0 Å². The number of imide groups is 2. The molecule has 0 aromatic heterocycles. The summed E-state index contributed by atoms with van der Waals surface area (Å²) in [6.07, 6.45) is 4.79. The molecule has 4 aromatic rings. The van der Waals surface area contributed by atoms with Crippen molar-refractivity contribution >= 4 is 46.4 Å². The maximum absolute atomic E-state index is 14.2. The molecule has 4 aromatic carbocycles. The number of anilines is 4. The summed E-state index contributed by atoms with van der Waals surface area (Å²) in [7, 11) is 0. The average Bonchev–Trinajstić information content (AvgIpc) is 3.58. The first-order valence-electron chi connectivity index (χ1n) is 17.4. The topological polar surface area (TPSA) is 145 Å². The molecule has 0 radical (unpaired) electrons. The van der Waals surface area contributed by atoms with Crippen LogP contribution in [0.5, 0.6) is 23.0 Å². The van der Waals surface area contributed by atoms with E-state index in [9.17, 15) is 19.2 Å². The van der Waals surface area contributed by atoms with Crippen molar-refractivity contribution in [3.63, 3.8) is 0 Å². The molecule has 0 spiro atoms. The van der Waals surface area contributed by atoms with Crippen LogP contribution in [-0.2, 0) is 19.2 Å². The molecule has 4 N–H and O–H groups in total. The molecule has 264 valence electrons. The number of hydrogen-bond acceptors (Lipinski definition) is 8. The highest BCUT2D eigenvalue weighted by atomic mass is 16.5. The Morgan fingerprint density at radius 2 is 1.17 bits per heavy atom. The van der Waals surface area contributed by atoms with Crippen LogP contribution < -0.4 is 30.7 Å². The van der Waals surface area contributed by atoms with E-state index >= 15 is 0 Å². The van der Waals surface area contributed by atoms with Crippen molar-refractivity contribution in [3.05, 3.63) is 120 Å². The highest BCUT2D eigenvalue weighted by molar-refractivity contribution is 6.32. The molecule has 2 aliphatic heterocycles. The van der Waals surface area contributed by atoms with Crippen molar-refractivity contribution in [3.8, 4) is 23.0 Å². The second-order valence-corrected chi connectivity index (χ2v) is 14.2. The molecule has 52 heavy (non-hydrogen) atoms. The number of carbonyl (C=O) groups excluding carboxylic acids is 4. The van der Waals surface area contributed by atoms with Gasteiger partial charge in [-0.25, -0.2) is 9.80 Å². The summed E-state index contributed by atoms with van der Waals surface area (Å²) in [5, 5.41) is 0. The maximum atomic E-state index is 14.2. The third-order valence-electron chi connectivity index (χ3n) is 10.5. The number of nitrogen functional groups attached to an aromatic ring is 2. The van der Waals surface area contributed by atoms with Crippen molar-refractivity contribution in [2.45, 2.75) is 40.0 Å². The average molecular weight is 697 g/mol. The van der Waals surface area contributed by atoms with E-state index in [1.807, 2.05) is 6.92 Å². The molecule has 10 nitrogen and oxygen atoms in total. The van der Waals surface area contributed by atoms with Crippen LogP contribution in [0.2, 0.25) is 0 Å². The second kappa shape index (κ2) is 13.5. The lowest BCUT2D eigenvalue weighted by molar-refractivity contribution is -0.123. The van der Waals surface area contributed by atoms with Gasteiger partial charge in [-0.1, -0.05) is 32.9 Å². The Kier molecular flexibility index (Phi) is 8.92. The lowest BCUT2D eigenvalue weighted by Gasteiger charge is -2.46. The van der Waals surface area contributed by atoms with E-state index in [0.717, 1.165) is 16.2 Å². The summed E-state index contributed by atoms with van der Waals surface area (Å²) in [6.45, 7) is 6.23. The Balaban J connectivity index is 1.12. The van der Waals surface area contributed by atoms with Gasteiger partial charge in [-0.3, -0.25) is 19.2 Å². The highest BCUT2D eigenvalue weighted by Crippen LogP contribution is 2.55. The van der Waals surface area contributed by atoms with E-state index in [-0.39, 0.29) is 5.92 Å². The van der Waals surface area contributed by atoms with Crippen LogP contribution in [-0.4, -0.2) is 23.6 Å². The van der Waals surface area contributed by atoms with Crippen molar-refractivity contribution in [2.75, 3.05) is 21.3 Å². The number of hydrogen-bond donors (Lipinski definition) is 2. The third kappa shape index (κ3) is 6.43. The van der Waals surface area contributed by atoms with Crippen LogP contribution in [0.4, 0.5) is 22.7 Å². The van der Waals surface area contributed by atoms with Gasteiger partial charge in [0.2, 0.25) is 0 Å². The number of nitrogens with zero attached hydrogens (tertiary/aromatic N) is 2. The fraction of sp³-hybridized carbons (Fsp3) is 0.238. The largest absolute Gasteiger partial charge is 0.457 e. The van der Waals surface area contributed by atoms with Gasteiger partial charge in [-0.05, 0) is 110 Å². The summed E-state index contributed by atoms with van der Waals surface area (Å²) >= 11 is 0. The number of nitrogens with two attached hydrogens (primary N) is 2. The first kappa shape index (κ1) is 34.3. The Labute approximate surface area is 302 Å². The number of benzene rings is 4. The number of carbonyl (C=O) groups is 4. The third-order valence-corrected chi connectivity index (χ3v) is 10.5. The zero-order chi connectivity index (χ0) is 36.7. The smallest absolute Gasteiger partial charge is 0.262 e. The lowest BCUT2D eigenvalue weighted by atomic mass is 9.57. The zero-order valence-corrected chi connectivity index (χ0v) is 29.2. The first-order valence-corrected chi connectivity index (χ1v) is 17.4. The Morgan fingerprint density at radius 3 is 1.67 bits per heavy atom. The second-order valence-electron chi connectivity index (χ2n) is 14.2. The molecule has 7 rings (SSSR count). The molecule has 4 amide bonds. The summed E-state index contributed by atoms with van der Waals surface area (Å²) in [6, 6.07) is 27.5. The lowest BCUT2D eigenvalue weighted by Crippen LogP contribution is -2.44. The Hall–Kier alpha value is -6.16. The minimum Gasteiger partial charge on any atom is -0.457 e. The van der Waals surface area contributed by atoms with Gasteiger partial charge in [0.15, 0.2) is 0 Å². The quantitative estimate of drug-likeness (QED) is 0.133. The molecular formula is C42H40N4O6. The van der Waals surface area contributed by atoms with E-state index in [1.54, 1.807) is 97.1 Å². The predicted molar refractivity (Wildman–Crippen MR) is 200 cm³/mol. The number of rotatable bonds is 9. The zero-order valence-electron chi connectivity index (χ0n) is 29.2. The van der Waals surface area contributed by atoms with Crippen LogP contribution in [0.3, 0.4) is 0 Å². The summed E-state index contributed by atoms with van der Waals surface area (Å²) in [5.41, 5.74) is 13.5. The van der Waals surface area contributed by atoms with Gasteiger partial charge in [0, 0.05) is 52.2 Å². The van der Waals surface area contributed by atoms with Gasteiger partial charge < -0.3 is 20.9 Å². The number of amides is 4. The Morgan fingerprint density at radius 1 is 0.673 bits per heavy atom. The minimum atomic E-state index is -0.879. The molecule has 0 saturated heterocycles. The fourth-order valence-corrected chi connectivity index (χ4v) is 7.60. The SMILES string of the molecule is CC(C)C1CCC(C)(C2=CC(=O)N(c3ccc(Oc4cccc(N)c4)cc3)C2=O)C(C2=CC(=O)N(c3ccc(Oc4cccc(N)c4)cc3)C2=O)C1. The predicted octanol–water partition coefficient (Wildman–Crippen LogP) is 7.81. The van der Waals surface area contributed by atoms with Gasteiger partial charge in [-0.15, -0.1) is 0 Å². The van der Waals surface area contributed by atoms with E-state index in [1.165, 1.54) is 12.2 Å². The summed E-state index contributed by atoms with van der Waals surface area (Å²) in [4.78, 5) is 57.8. The molecule has 1 saturated carbocycles. The van der Waals surface area contributed by atoms with Crippen LogP contribution in [0.15, 0.2) is 120 Å². The molecule has 2 heterocycles. The molecule has 0 bridgehead atoms. The van der Waals surface area contributed by atoms with Crippen LogP contribution in [0.25, 0.3) is 0 Å². The fourth-order valence-electron chi connectivity index (χ4n) is 7.60. The van der Waals surface area contributed by atoms with Gasteiger partial charge >= 0.3 is 0 Å². The summed E-state index contributed by atoms with van der Waals surface area (Å²) in [5.74, 6) is 0.495. The molecule has 1 fully saturated rings. The Bertz CT molecular complexity index is 2140. The van der Waals surface area contributed by atoms with Gasteiger partial charge in [-0.2, -0.15) is 0 Å². The van der Waals surface area contributed by atoms with E-state index in [0.29, 0.717) is 75.7 Å². The molecule has 3 aliphatic rings. The number of ether oxygens (including phenoxy) is 2. The van der Waals surface area contributed by atoms with Crippen molar-refractivity contribution in [1.29, 1.82) is 0 Å². The molecule has 1 aliphatic carbocycles. The first-order chi connectivity index (χ1) is 24.9. The van der Waals surface area contributed by atoms with Gasteiger partial charge in [0.05, 0.1) is 11.4 Å². The van der Waals surface area contributed by atoms with E-state index in [2.05, 4.69) is 13.8 Å². The van der Waals surface area contributed by atoms with Crippen molar-refractivity contribution in [2.24, 2.45) is 23.2 Å². The highest BCUT2D eigenvalue weighted by Gasteiger charge is 2.53.